The zero-order chi connectivity index (χ0) is 19.2. The fourth-order valence-corrected chi connectivity index (χ4v) is 2.49. The van der Waals surface area contributed by atoms with Gasteiger partial charge < -0.3 is 25.4 Å². The molecule has 0 spiro atoms. The van der Waals surface area contributed by atoms with E-state index in [1.807, 2.05) is 6.92 Å². The number of aryl methyl sites for hydroxylation is 1. The van der Waals surface area contributed by atoms with Gasteiger partial charge in [-0.2, -0.15) is 0 Å². The van der Waals surface area contributed by atoms with E-state index in [1.54, 1.807) is 12.1 Å². The van der Waals surface area contributed by atoms with Gasteiger partial charge in [0.15, 0.2) is 11.6 Å². The molecule has 9 heteroatoms. The van der Waals surface area contributed by atoms with Gasteiger partial charge in [-0.05, 0) is 38.0 Å². The van der Waals surface area contributed by atoms with Crippen LogP contribution in [0.2, 0.25) is 0 Å². The zero-order valence-corrected chi connectivity index (χ0v) is 14.8. The van der Waals surface area contributed by atoms with Crippen molar-refractivity contribution in [2.45, 2.75) is 19.8 Å². The number of anilines is 1. The molecule has 0 fully saturated rings. The van der Waals surface area contributed by atoms with Crippen LogP contribution < -0.4 is 10.5 Å². The van der Waals surface area contributed by atoms with Gasteiger partial charge >= 0.3 is 0 Å². The molecule has 0 unspecified atom stereocenters. The van der Waals surface area contributed by atoms with Crippen LogP contribution >= 0.6 is 0 Å². The molecule has 3 aromatic rings. The molecule has 142 valence electrons. The largest absolute Gasteiger partial charge is 0.435 e. The molecule has 0 radical (unpaired) electrons. The van der Waals surface area contributed by atoms with Crippen LogP contribution in [0.4, 0.5) is 10.2 Å². The van der Waals surface area contributed by atoms with Crippen LogP contribution in [0.5, 0.6) is 11.6 Å². The minimum atomic E-state index is -0.503. The van der Waals surface area contributed by atoms with Gasteiger partial charge in [-0.25, -0.2) is 14.4 Å². The smallest absolute Gasteiger partial charge is 0.233 e. The summed E-state index contributed by atoms with van der Waals surface area (Å²) in [6.07, 6.45) is 3.83. The number of fused-ring (bicyclic) bond motifs is 1. The molecule has 0 bridgehead atoms. The average Bonchev–Trinajstić information content (AvgIpc) is 3.03. The Morgan fingerprint density at radius 3 is 3.00 bits per heavy atom. The highest BCUT2D eigenvalue weighted by Gasteiger charge is 2.15. The molecule has 0 aliphatic heterocycles. The summed E-state index contributed by atoms with van der Waals surface area (Å²) in [6, 6.07) is 4.94. The molecule has 4 N–H and O–H groups in total. The lowest BCUT2D eigenvalue weighted by molar-refractivity contribution is 0.135. The van der Waals surface area contributed by atoms with Gasteiger partial charge in [0.2, 0.25) is 5.88 Å². The van der Waals surface area contributed by atoms with Gasteiger partial charge in [0, 0.05) is 23.2 Å². The number of ether oxygens (including phenoxy) is 1. The van der Waals surface area contributed by atoms with Crippen molar-refractivity contribution in [1.29, 1.82) is 0 Å². The van der Waals surface area contributed by atoms with E-state index in [-0.39, 0.29) is 29.6 Å². The minimum Gasteiger partial charge on any atom is -0.435 e. The Hall–Kier alpha value is -3.20. The Balaban J connectivity index is 1.82. The van der Waals surface area contributed by atoms with E-state index in [2.05, 4.69) is 20.1 Å². The number of nitrogens with zero attached hydrogens (tertiary/aromatic N) is 3. The second-order valence-electron chi connectivity index (χ2n) is 5.87. The number of halogens is 1. The predicted molar refractivity (Wildman–Crippen MR) is 99.4 cm³/mol. The van der Waals surface area contributed by atoms with Gasteiger partial charge in [-0.1, -0.05) is 5.16 Å². The van der Waals surface area contributed by atoms with E-state index in [0.29, 0.717) is 30.4 Å². The van der Waals surface area contributed by atoms with Crippen molar-refractivity contribution in [1.82, 2.24) is 15.0 Å². The summed E-state index contributed by atoms with van der Waals surface area (Å²) < 4.78 is 20.4. The lowest BCUT2D eigenvalue weighted by atomic mass is 10.2. The number of rotatable bonds is 8. The van der Waals surface area contributed by atoms with E-state index < -0.39 is 5.82 Å². The summed E-state index contributed by atoms with van der Waals surface area (Å²) in [7, 11) is 0. The first kappa shape index (κ1) is 18.6. The SMILES string of the molecule is Cc1cc2c(F)c(Oc3ncnc(N)c3C=NOCCCCO)ccc2[nH]1. The Morgan fingerprint density at radius 2 is 2.19 bits per heavy atom. The van der Waals surface area contributed by atoms with Crippen LogP contribution in [-0.2, 0) is 4.84 Å². The molecule has 0 aliphatic rings. The molecular weight excluding hydrogens is 353 g/mol. The number of nitrogens with two attached hydrogens (primary N) is 1. The van der Waals surface area contributed by atoms with Gasteiger partial charge in [-0.3, -0.25) is 0 Å². The van der Waals surface area contributed by atoms with E-state index in [1.165, 1.54) is 18.6 Å². The van der Waals surface area contributed by atoms with Gasteiger partial charge in [0.05, 0.1) is 6.21 Å². The number of oxime groups is 1. The molecular formula is C18H20FN5O3. The highest BCUT2D eigenvalue weighted by Crippen LogP contribution is 2.31. The van der Waals surface area contributed by atoms with E-state index in [9.17, 15) is 4.39 Å². The van der Waals surface area contributed by atoms with Crippen molar-refractivity contribution in [2.75, 3.05) is 18.9 Å². The fraction of sp³-hybridized carbons (Fsp3) is 0.278. The molecule has 2 heterocycles. The van der Waals surface area contributed by atoms with Gasteiger partial charge in [0.1, 0.15) is 24.3 Å². The van der Waals surface area contributed by atoms with Crippen LogP contribution in [0.15, 0.2) is 29.7 Å². The quantitative estimate of drug-likeness (QED) is 0.317. The average molecular weight is 373 g/mol. The highest BCUT2D eigenvalue weighted by molar-refractivity contribution is 5.88. The van der Waals surface area contributed by atoms with Gasteiger partial charge in [0.25, 0.3) is 0 Å². The Kier molecular flexibility index (Phi) is 5.82. The summed E-state index contributed by atoms with van der Waals surface area (Å²) in [5.41, 5.74) is 7.67. The first-order valence-corrected chi connectivity index (χ1v) is 8.42. The molecule has 1 aromatic carbocycles. The van der Waals surface area contributed by atoms with Crippen molar-refractivity contribution in [2.24, 2.45) is 5.16 Å². The van der Waals surface area contributed by atoms with Crippen molar-refractivity contribution < 1.29 is 19.1 Å². The molecule has 3 rings (SSSR count). The third-order valence-electron chi connectivity index (χ3n) is 3.82. The number of benzene rings is 1. The second-order valence-corrected chi connectivity index (χ2v) is 5.87. The predicted octanol–water partition coefficient (Wildman–Crippen LogP) is 2.90. The van der Waals surface area contributed by atoms with Crippen molar-refractivity contribution >= 4 is 22.9 Å². The third kappa shape index (κ3) is 4.32. The van der Waals surface area contributed by atoms with Crippen molar-refractivity contribution in [3.05, 3.63) is 41.6 Å². The number of H-pyrrole nitrogens is 1. The number of aliphatic hydroxyl groups is 1. The summed E-state index contributed by atoms with van der Waals surface area (Å²) in [5, 5.41) is 13.0. The van der Waals surface area contributed by atoms with Crippen LogP contribution in [-0.4, -0.2) is 39.5 Å². The Labute approximate surface area is 154 Å². The molecule has 0 saturated heterocycles. The number of aromatic nitrogens is 3. The maximum atomic E-state index is 14.7. The lowest BCUT2D eigenvalue weighted by Crippen LogP contribution is -2.03. The van der Waals surface area contributed by atoms with Gasteiger partial charge in [-0.15, -0.1) is 0 Å². The molecule has 8 nitrogen and oxygen atoms in total. The normalized spacial score (nSPS) is 11.4. The number of nitrogens with one attached hydrogen (secondary N) is 1. The standard InChI is InChI=1S/C18H20FN5O3/c1-11-8-12-14(24-11)4-5-15(16(12)19)27-18-13(17(20)21-10-22-18)9-23-26-7-3-2-6-25/h4-5,8-10,24-25H,2-3,6-7H2,1H3,(H2,20,21,22). The maximum absolute atomic E-state index is 14.7. The number of hydrogen-bond donors (Lipinski definition) is 3. The lowest BCUT2D eigenvalue weighted by Gasteiger charge is -2.09. The number of aliphatic hydroxyl groups excluding tert-OH is 1. The topological polar surface area (TPSA) is 119 Å². The zero-order valence-electron chi connectivity index (χ0n) is 14.8. The van der Waals surface area contributed by atoms with Crippen LogP contribution in [0.3, 0.4) is 0 Å². The highest BCUT2D eigenvalue weighted by atomic mass is 19.1. The molecule has 2 aromatic heterocycles. The summed E-state index contributed by atoms with van der Waals surface area (Å²) in [6.45, 7) is 2.29. The summed E-state index contributed by atoms with van der Waals surface area (Å²) >= 11 is 0. The summed E-state index contributed by atoms with van der Waals surface area (Å²) in [4.78, 5) is 16.1. The first-order valence-electron chi connectivity index (χ1n) is 8.42. The Morgan fingerprint density at radius 1 is 1.33 bits per heavy atom. The number of unbranched alkanes of at least 4 members (excludes halogenated alkanes) is 1. The first-order chi connectivity index (χ1) is 13.1. The molecule has 0 aliphatic carbocycles. The minimum absolute atomic E-state index is 0.0121. The van der Waals surface area contributed by atoms with Crippen molar-refractivity contribution in [3.63, 3.8) is 0 Å². The number of nitrogen functional groups attached to an aromatic ring is 1. The molecule has 0 saturated carbocycles. The molecule has 0 amide bonds. The molecule has 27 heavy (non-hydrogen) atoms. The monoisotopic (exact) mass is 373 g/mol. The summed E-state index contributed by atoms with van der Waals surface area (Å²) in [5.74, 6) is -0.298. The van der Waals surface area contributed by atoms with Crippen LogP contribution in [0.25, 0.3) is 10.9 Å². The second kappa shape index (κ2) is 8.45. The number of hydrogen-bond acceptors (Lipinski definition) is 7. The fourth-order valence-electron chi connectivity index (χ4n) is 2.49. The van der Waals surface area contributed by atoms with Crippen LogP contribution in [0.1, 0.15) is 24.1 Å². The third-order valence-corrected chi connectivity index (χ3v) is 3.82. The van der Waals surface area contributed by atoms with E-state index in [4.69, 9.17) is 20.4 Å². The number of aromatic amines is 1. The molecule has 0 atom stereocenters. The maximum Gasteiger partial charge on any atom is 0.233 e. The Bertz CT molecular complexity index is 958. The van der Waals surface area contributed by atoms with E-state index in [0.717, 1.165) is 5.69 Å². The van der Waals surface area contributed by atoms with Crippen molar-refractivity contribution in [3.8, 4) is 11.6 Å². The van der Waals surface area contributed by atoms with E-state index >= 15 is 0 Å². The van der Waals surface area contributed by atoms with Crippen LogP contribution in [0, 0.1) is 12.7 Å².